The van der Waals surface area contributed by atoms with E-state index in [1.54, 1.807) is 6.92 Å². The topological polar surface area (TPSA) is 57.5 Å². The molecule has 0 saturated heterocycles. The van der Waals surface area contributed by atoms with Crippen LogP contribution in [0.15, 0.2) is 0 Å². The van der Waals surface area contributed by atoms with Gasteiger partial charge in [0.15, 0.2) is 0 Å². The predicted molar refractivity (Wildman–Crippen MR) is 24.0 cm³/mol. The van der Waals surface area contributed by atoms with Gasteiger partial charge in [0.1, 0.15) is 0 Å². The molecule has 0 spiro atoms. The smallest absolute Gasteiger partial charge is 0.397 e. The van der Waals surface area contributed by atoms with Crippen LogP contribution in [0.25, 0.3) is 0 Å². The summed E-state index contributed by atoms with van der Waals surface area (Å²) in [6.45, 7) is 1.93. The third-order valence-corrected chi connectivity index (χ3v) is 0. The lowest BCUT2D eigenvalue weighted by atomic mass is 10.9. The van der Waals surface area contributed by atoms with E-state index in [-0.39, 0.29) is 6.61 Å². The SMILES string of the molecule is CCO.O=[PH+]O. The second kappa shape index (κ2) is 19.9. The summed E-state index contributed by atoms with van der Waals surface area (Å²) in [6.07, 6.45) is 0. The van der Waals surface area contributed by atoms with E-state index in [4.69, 9.17) is 14.6 Å². The van der Waals surface area contributed by atoms with E-state index in [9.17, 15) is 0 Å². The molecule has 0 saturated carbocycles. The van der Waals surface area contributed by atoms with Gasteiger partial charge in [-0.1, -0.05) is 0 Å². The molecule has 0 amide bonds. The molecule has 3 nitrogen and oxygen atoms in total. The molecule has 0 bridgehead atoms. The van der Waals surface area contributed by atoms with E-state index in [1.165, 1.54) is 0 Å². The van der Waals surface area contributed by atoms with Crippen molar-refractivity contribution in [3.8, 4) is 0 Å². The molecule has 1 unspecified atom stereocenters. The summed E-state index contributed by atoms with van der Waals surface area (Å²) in [5, 5.41) is 7.57. The zero-order chi connectivity index (χ0) is 5.41. The van der Waals surface area contributed by atoms with Crippen molar-refractivity contribution in [3.63, 3.8) is 0 Å². The van der Waals surface area contributed by atoms with Gasteiger partial charge in [0.2, 0.25) is 0 Å². The third kappa shape index (κ3) is 91700. The van der Waals surface area contributed by atoms with E-state index in [1.807, 2.05) is 0 Å². The lowest BCUT2D eigenvalue weighted by molar-refractivity contribution is 0.318. The minimum Gasteiger partial charge on any atom is -0.397 e. The lowest BCUT2D eigenvalue weighted by Crippen LogP contribution is -1.57. The monoisotopic (exact) mass is 111 g/mol. The Bertz CT molecular complexity index is 22.8. The van der Waals surface area contributed by atoms with Crippen molar-refractivity contribution < 1.29 is 14.6 Å². The summed E-state index contributed by atoms with van der Waals surface area (Å²) in [6, 6.07) is 0. The Morgan fingerprint density at radius 1 is 1.83 bits per heavy atom. The van der Waals surface area contributed by atoms with Gasteiger partial charge in [0.25, 0.3) is 0 Å². The first-order valence-corrected chi connectivity index (χ1v) is 2.31. The Balaban J connectivity index is 0. The highest BCUT2D eigenvalue weighted by Crippen LogP contribution is 1.66. The molecule has 0 radical (unpaired) electrons. The summed E-state index contributed by atoms with van der Waals surface area (Å²) in [5.74, 6) is 0. The average Bonchev–Trinajstić information content (AvgIpc) is 1.39. The maximum atomic E-state index is 8.51. The van der Waals surface area contributed by atoms with Gasteiger partial charge in [-0.05, 0) is 11.5 Å². The van der Waals surface area contributed by atoms with Crippen LogP contribution in [0.4, 0.5) is 0 Å². The molecule has 0 aromatic heterocycles. The molecule has 0 aromatic carbocycles. The zero-order valence-electron chi connectivity index (χ0n) is 3.51. The molecule has 4 heteroatoms. The first kappa shape index (κ1) is 9.39. The zero-order valence-corrected chi connectivity index (χ0v) is 4.51. The standard InChI is InChI=1S/C2H6O.HO2P/c1-2-3;1-3-2/h3H,2H2,1H3;3H/p+1. The summed E-state index contributed by atoms with van der Waals surface area (Å²) < 4.78 is 8.51. The molecule has 38 valence electrons. The minimum absolute atomic E-state index is 0.250. The van der Waals surface area contributed by atoms with Crippen molar-refractivity contribution >= 4 is 8.69 Å². The Hall–Kier alpha value is 0.0200. The van der Waals surface area contributed by atoms with Crippen LogP contribution in [0.2, 0.25) is 0 Å². The fraction of sp³-hybridized carbons (Fsp3) is 1.00. The highest BCUT2D eigenvalue weighted by Gasteiger charge is 1.45. The summed E-state index contributed by atoms with van der Waals surface area (Å²) in [5.41, 5.74) is 0. The molecule has 0 aliphatic carbocycles. The van der Waals surface area contributed by atoms with E-state index >= 15 is 0 Å². The molecule has 2 N–H and O–H groups in total. The predicted octanol–water partition coefficient (Wildman–Crippen LogP) is -0.0837. The summed E-state index contributed by atoms with van der Waals surface area (Å²) in [7, 11) is -1.17. The normalized spacial score (nSPS) is 6.50. The van der Waals surface area contributed by atoms with Crippen molar-refractivity contribution in [2.24, 2.45) is 0 Å². The fourth-order valence-electron chi connectivity index (χ4n) is 0. The van der Waals surface area contributed by atoms with Gasteiger partial charge >= 0.3 is 8.69 Å². The van der Waals surface area contributed by atoms with E-state index in [0.29, 0.717) is 0 Å². The number of hydrogen-bond donors (Lipinski definition) is 2. The molecule has 0 heterocycles. The molecular formula is C2H8O3P+. The molecule has 0 aliphatic heterocycles. The van der Waals surface area contributed by atoms with Gasteiger partial charge in [-0.3, -0.25) is 0 Å². The van der Waals surface area contributed by atoms with Crippen LogP contribution in [0, 0.1) is 0 Å². The van der Waals surface area contributed by atoms with Crippen molar-refractivity contribution in [2.45, 2.75) is 6.92 Å². The average molecular weight is 111 g/mol. The second-order valence-electron chi connectivity index (χ2n) is 0.408. The van der Waals surface area contributed by atoms with Crippen LogP contribution in [-0.4, -0.2) is 16.6 Å². The molecule has 1 atom stereocenters. The van der Waals surface area contributed by atoms with Gasteiger partial charge in [-0.15, -0.1) is 0 Å². The Morgan fingerprint density at radius 3 is 1.83 bits per heavy atom. The van der Waals surface area contributed by atoms with Crippen molar-refractivity contribution in [3.05, 3.63) is 0 Å². The Morgan fingerprint density at radius 2 is 1.83 bits per heavy atom. The fourth-order valence-corrected chi connectivity index (χ4v) is 0. The van der Waals surface area contributed by atoms with Crippen LogP contribution in [0.5, 0.6) is 0 Å². The lowest BCUT2D eigenvalue weighted by Gasteiger charge is -1.52. The third-order valence-electron chi connectivity index (χ3n) is 0. The first-order valence-electron chi connectivity index (χ1n) is 1.45. The second-order valence-corrected chi connectivity index (χ2v) is 0.590. The van der Waals surface area contributed by atoms with Gasteiger partial charge in [0.05, 0.1) is 0 Å². The molecule has 0 rings (SSSR count). The van der Waals surface area contributed by atoms with Crippen LogP contribution in [0.3, 0.4) is 0 Å². The highest BCUT2D eigenvalue weighted by molar-refractivity contribution is 7.16. The molecule has 0 fully saturated rings. The molecule has 6 heavy (non-hydrogen) atoms. The van der Waals surface area contributed by atoms with Crippen LogP contribution in [0.1, 0.15) is 6.92 Å². The van der Waals surface area contributed by atoms with Gasteiger partial charge in [0, 0.05) is 6.61 Å². The van der Waals surface area contributed by atoms with Crippen molar-refractivity contribution in [1.82, 2.24) is 0 Å². The summed E-state index contributed by atoms with van der Waals surface area (Å²) in [4.78, 5) is 7.04. The Kier molecular flexibility index (Phi) is 31.1. The summed E-state index contributed by atoms with van der Waals surface area (Å²) >= 11 is 0. The van der Waals surface area contributed by atoms with Crippen LogP contribution >= 0.6 is 8.69 Å². The van der Waals surface area contributed by atoms with E-state index in [2.05, 4.69) is 0 Å². The van der Waals surface area contributed by atoms with Crippen LogP contribution in [-0.2, 0) is 4.57 Å². The van der Waals surface area contributed by atoms with Gasteiger partial charge in [-0.25, -0.2) is 0 Å². The molecular weight excluding hydrogens is 103 g/mol. The maximum absolute atomic E-state index is 8.51. The largest absolute Gasteiger partial charge is 0.491 e. The van der Waals surface area contributed by atoms with E-state index < -0.39 is 8.69 Å². The van der Waals surface area contributed by atoms with E-state index in [0.717, 1.165) is 0 Å². The highest BCUT2D eigenvalue weighted by atomic mass is 31.1. The van der Waals surface area contributed by atoms with Crippen LogP contribution < -0.4 is 0 Å². The minimum atomic E-state index is -1.17. The first-order chi connectivity index (χ1) is 2.83. The number of hydrogen-bond acceptors (Lipinski definition) is 2. The van der Waals surface area contributed by atoms with Gasteiger partial charge in [-0.2, -0.15) is 4.89 Å². The number of aliphatic hydroxyl groups excluding tert-OH is 1. The van der Waals surface area contributed by atoms with Crippen molar-refractivity contribution in [1.29, 1.82) is 0 Å². The Labute approximate surface area is 37.9 Å². The maximum Gasteiger partial charge on any atom is 0.491 e. The quantitative estimate of drug-likeness (QED) is 0.430. The molecule has 0 aliphatic rings. The molecule has 0 aromatic rings. The number of aliphatic hydroxyl groups is 1. The number of rotatable bonds is 0. The van der Waals surface area contributed by atoms with Crippen molar-refractivity contribution in [2.75, 3.05) is 6.61 Å². The van der Waals surface area contributed by atoms with Gasteiger partial charge < -0.3 is 5.11 Å².